The van der Waals surface area contributed by atoms with Crippen LogP contribution < -0.4 is 15.8 Å². The molecule has 0 aliphatic carbocycles. The molecule has 0 saturated heterocycles. The Balaban J connectivity index is 2.75. The van der Waals surface area contributed by atoms with Gasteiger partial charge in [-0.05, 0) is 12.1 Å². The number of hydrogen-bond donors (Lipinski definition) is 3. The predicted molar refractivity (Wildman–Crippen MR) is 65.9 cm³/mol. The summed E-state index contributed by atoms with van der Waals surface area (Å²) in [5.41, 5.74) is 0. The summed E-state index contributed by atoms with van der Waals surface area (Å²) in [6.07, 6.45) is 6.36. The maximum Gasteiger partial charge on any atom is 0.241 e. The van der Waals surface area contributed by atoms with E-state index < -0.39 is 10.0 Å². The van der Waals surface area contributed by atoms with Crippen LogP contribution in [0, 0.1) is 12.3 Å². The van der Waals surface area contributed by atoms with Gasteiger partial charge in [-0.3, -0.25) is 4.79 Å². The highest BCUT2D eigenvalue weighted by Gasteiger charge is 2.14. The molecule has 8 heteroatoms. The van der Waals surface area contributed by atoms with E-state index in [2.05, 4.69) is 21.5 Å². The molecule has 96 valence electrons. The lowest BCUT2D eigenvalue weighted by Crippen LogP contribution is -2.30. The van der Waals surface area contributed by atoms with Crippen LogP contribution in [-0.2, 0) is 14.8 Å². The number of terminal acetylenes is 1. The van der Waals surface area contributed by atoms with Crippen LogP contribution in [0.1, 0.15) is 0 Å². The third-order valence-electron chi connectivity index (χ3n) is 1.88. The normalized spacial score (nSPS) is 10.4. The minimum Gasteiger partial charge on any atom is -0.360 e. The summed E-state index contributed by atoms with van der Waals surface area (Å²) in [5, 5.41) is 10.0. The van der Waals surface area contributed by atoms with E-state index in [9.17, 15) is 13.2 Å². The quantitative estimate of drug-likeness (QED) is 0.586. The Bertz CT molecular complexity index is 577. The second-order valence-electron chi connectivity index (χ2n) is 3.23. The van der Waals surface area contributed by atoms with Gasteiger partial charge < -0.3 is 10.6 Å². The molecular formula is C10H12N4O3S. The molecule has 1 aromatic rings. The average Bonchev–Trinajstić information content (AvgIpc) is 2.33. The number of carbonyl (C=O) groups excluding carboxylic acids is 1. The Morgan fingerprint density at radius 3 is 2.89 bits per heavy atom. The molecule has 0 aliphatic heterocycles. The van der Waals surface area contributed by atoms with E-state index in [1.807, 2.05) is 0 Å². The largest absolute Gasteiger partial charge is 0.360 e. The number of nitrogens with zero attached hydrogens (tertiary/aromatic N) is 1. The summed E-state index contributed by atoms with van der Waals surface area (Å²) >= 11 is 0. The first-order valence-corrected chi connectivity index (χ1v) is 6.41. The predicted octanol–water partition coefficient (Wildman–Crippen LogP) is -1.11. The van der Waals surface area contributed by atoms with Gasteiger partial charge in [0.1, 0.15) is 10.7 Å². The lowest BCUT2D eigenvalue weighted by Gasteiger charge is -2.08. The highest BCUT2D eigenvalue weighted by atomic mass is 32.2. The van der Waals surface area contributed by atoms with E-state index >= 15 is 0 Å². The first-order valence-electron chi connectivity index (χ1n) is 4.87. The van der Waals surface area contributed by atoms with Crippen molar-refractivity contribution in [3.8, 4) is 12.3 Å². The van der Waals surface area contributed by atoms with Gasteiger partial charge >= 0.3 is 0 Å². The van der Waals surface area contributed by atoms with Gasteiger partial charge in [0.2, 0.25) is 15.9 Å². The lowest BCUT2D eigenvalue weighted by atomic mass is 10.4. The van der Waals surface area contributed by atoms with Crippen LogP contribution in [-0.4, -0.2) is 32.4 Å². The van der Waals surface area contributed by atoms with Crippen LogP contribution in [0.3, 0.4) is 0 Å². The molecule has 7 nitrogen and oxygen atoms in total. The standard InChI is InChI=1S/C10H12N4O3S/c1-2-5-12-9(15)7-14-10-8(18(11,16)17)4-3-6-13-10/h1,3-4,6H,5,7H2,(H,12,15)(H,13,14)(H2,11,16,17). The van der Waals surface area contributed by atoms with Crippen LogP contribution in [0.4, 0.5) is 5.82 Å². The van der Waals surface area contributed by atoms with E-state index in [1.165, 1.54) is 18.3 Å². The Morgan fingerprint density at radius 2 is 2.28 bits per heavy atom. The second kappa shape index (κ2) is 6.00. The zero-order chi connectivity index (χ0) is 13.6. The van der Waals surface area contributed by atoms with Crippen LogP contribution in [0.2, 0.25) is 0 Å². The minimum atomic E-state index is -3.89. The van der Waals surface area contributed by atoms with Crippen LogP contribution in [0.15, 0.2) is 23.2 Å². The Labute approximate surface area is 105 Å². The van der Waals surface area contributed by atoms with Crippen molar-refractivity contribution in [3.05, 3.63) is 18.3 Å². The van der Waals surface area contributed by atoms with Crippen LogP contribution in [0.25, 0.3) is 0 Å². The molecule has 0 spiro atoms. The molecule has 0 radical (unpaired) electrons. The number of pyridine rings is 1. The molecule has 1 amide bonds. The number of aromatic nitrogens is 1. The molecule has 0 aliphatic rings. The van der Waals surface area contributed by atoms with E-state index in [-0.39, 0.29) is 29.7 Å². The van der Waals surface area contributed by atoms with Crippen molar-refractivity contribution < 1.29 is 13.2 Å². The van der Waals surface area contributed by atoms with Crippen molar-refractivity contribution in [2.45, 2.75) is 4.90 Å². The van der Waals surface area contributed by atoms with Gasteiger partial charge in [0.15, 0.2) is 0 Å². The molecule has 1 rings (SSSR count). The van der Waals surface area contributed by atoms with E-state index in [4.69, 9.17) is 11.6 Å². The van der Waals surface area contributed by atoms with Gasteiger partial charge in [0, 0.05) is 6.20 Å². The van der Waals surface area contributed by atoms with E-state index in [0.29, 0.717) is 0 Å². The summed E-state index contributed by atoms with van der Waals surface area (Å²) in [7, 11) is -3.89. The molecule has 0 atom stereocenters. The fourth-order valence-electron chi connectivity index (χ4n) is 1.13. The maximum absolute atomic E-state index is 11.3. The Kier molecular flexibility index (Phi) is 4.65. The summed E-state index contributed by atoms with van der Waals surface area (Å²) in [6.45, 7) is -0.0496. The molecule has 0 unspecified atom stereocenters. The van der Waals surface area contributed by atoms with Crippen molar-refractivity contribution >= 4 is 21.7 Å². The minimum absolute atomic E-state index is 0.0239. The summed E-state index contributed by atoms with van der Waals surface area (Å²) in [4.78, 5) is 14.9. The lowest BCUT2D eigenvalue weighted by molar-refractivity contribution is -0.119. The number of sulfonamides is 1. The number of rotatable bonds is 5. The van der Waals surface area contributed by atoms with Crippen molar-refractivity contribution in [3.63, 3.8) is 0 Å². The Hall–Kier alpha value is -2.11. The number of hydrogen-bond acceptors (Lipinski definition) is 5. The molecule has 0 saturated carbocycles. The highest BCUT2D eigenvalue weighted by Crippen LogP contribution is 2.15. The summed E-state index contributed by atoms with van der Waals surface area (Å²) in [5.74, 6) is 1.89. The number of nitrogens with two attached hydrogens (primary N) is 1. The van der Waals surface area contributed by atoms with E-state index in [0.717, 1.165) is 0 Å². The second-order valence-corrected chi connectivity index (χ2v) is 4.76. The van der Waals surface area contributed by atoms with Crippen molar-refractivity contribution in [2.75, 3.05) is 18.4 Å². The smallest absolute Gasteiger partial charge is 0.241 e. The fourth-order valence-corrected chi connectivity index (χ4v) is 1.79. The van der Waals surface area contributed by atoms with Gasteiger partial charge in [0.05, 0.1) is 13.1 Å². The summed E-state index contributed by atoms with van der Waals surface area (Å²) in [6, 6.07) is 2.73. The number of anilines is 1. The van der Waals surface area contributed by atoms with Crippen LogP contribution >= 0.6 is 0 Å². The van der Waals surface area contributed by atoms with Crippen molar-refractivity contribution in [1.82, 2.24) is 10.3 Å². The van der Waals surface area contributed by atoms with Gasteiger partial charge in [-0.25, -0.2) is 18.5 Å². The monoisotopic (exact) mass is 268 g/mol. The van der Waals surface area contributed by atoms with Gasteiger partial charge in [-0.1, -0.05) is 5.92 Å². The first kappa shape index (κ1) is 14.0. The number of nitrogens with one attached hydrogen (secondary N) is 2. The first-order chi connectivity index (χ1) is 8.45. The average molecular weight is 268 g/mol. The third-order valence-corrected chi connectivity index (χ3v) is 2.82. The number of amides is 1. The SMILES string of the molecule is C#CCNC(=O)CNc1ncccc1S(N)(=O)=O. The molecular weight excluding hydrogens is 256 g/mol. The number of carbonyl (C=O) groups is 1. The molecule has 0 aromatic carbocycles. The van der Waals surface area contributed by atoms with E-state index in [1.54, 1.807) is 0 Å². The topological polar surface area (TPSA) is 114 Å². The van der Waals surface area contributed by atoms with Gasteiger partial charge in [-0.2, -0.15) is 0 Å². The maximum atomic E-state index is 11.3. The van der Waals surface area contributed by atoms with Gasteiger partial charge in [0.25, 0.3) is 0 Å². The third kappa shape index (κ3) is 4.04. The molecule has 4 N–H and O–H groups in total. The number of primary sulfonamides is 1. The van der Waals surface area contributed by atoms with Crippen molar-refractivity contribution in [1.29, 1.82) is 0 Å². The summed E-state index contributed by atoms with van der Waals surface area (Å²) < 4.78 is 22.5. The fraction of sp³-hybridized carbons (Fsp3) is 0.200. The van der Waals surface area contributed by atoms with Crippen molar-refractivity contribution in [2.24, 2.45) is 5.14 Å². The highest BCUT2D eigenvalue weighted by molar-refractivity contribution is 7.89. The zero-order valence-electron chi connectivity index (χ0n) is 9.38. The molecule has 1 aromatic heterocycles. The molecule has 0 bridgehead atoms. The molecule has 0 fully saturated rings. The molecule has 18 heavy (non-hydrogen) atoms. The Morgan fingerprint density at radius 1 is 1.56 bits per heavy atom. The van der Waals surface area contributed by atoms with Crippen LogP contribution in [0.5, 0.6) is 0 Å². The van der Waals surface area contributed by atoms with Gasteiger partial charge in [-0.15, -0.1) is 6.42 Å². The molecule has 1 heterocycles. The zero-order valence-corrected chi connectivity index (χ0v) is 10.2.